The Kier molecular flexibility index (Phi) is 5.61. The first-order chi connectivity index (χ1) is 7.21. The summed E-state index contributed by atoms with van der Waals surface area (Å²) in [6, 6.07) is 4.23. The fourth-order valence-electron chi connectivity index (χ4n) is 1.74. The molecule has 1 aromatic rings. The van der Waals surface area contributed by atoms with Gasteiger partial charge in [0.1, 0.15) is 0 Å². The van der Waals surface area contributed by atoms with E-state index in [2.05, 4.69) is 25.3 Å². The molecule has 4 heteroatoms. The summed E-state index contributed by atoms with van der Waals surface area (Å²) in [6.07, 6.45) is 3.49. The van der Waals surface area contributed by atoms with Crippen LogP contribution in [0, 0.1) is 5.92 Å². The van der Waals surface area contributed by atoms with E-state index < -0.39 is 0 Å². The Morgan fingerprint density at radius 1 is 1.40 bits per heavy atom. The first kappa shape index (κ1) is 13.0. The molecular formula is C11H19ClN2S. The van der Waals surface area contributed by atoms with E-state index in [1.807, 2.05) is 6.07 Å². The predicted octanol–water partition coefficient (Wildman–Crippen LogP) is 3.73. The van der Waals surface area contributed by atoms with Crippen LogP contribution in [0.4, 0.5) is 0 Å². The fourth-order valence-corrected chi connectivity index (χ4v) is 2.87. The summed E-state index contributed by atoms with van der Waals surface area (Å²) < 4.78 is 0.829. The first-order valence-electron chi connectivity index (χ1n) is 5.42. The Labute approximate surface area is 101 Å². The van der Waals surface area contributed by atoms with Gasteiger partial charge in [-0.2, -0.15) is 0 Å². The molecule has 0 saturated heterocycles. The number of nitrogens with two attached hydrogens (primary N) is 1. The normalized spacial score (nSPS) is 13.4. The van der Waals surface area contributed by atoms with Gasteiger partial charge in [-0.3, -0.25) is 11.3 Å². The quantitative estimate of drug-likeness (QED) is 0.593. The van der Waals surface area contributed by atoms with Crippen LogP contribution in [0.5, 0.6) is 0 Å². The van der Waals surface area contributed by atoms with Crippen LogP contribution in [0.2, 0.25) is 4.34 Å². The van der Waals surface area contributed by atoms with Crippen LogP contribution in [0.15, 0.2) is 12.1 Å². The molecule has 0 aliphatic carbocycles. The molecule has 1 atom stereocenters. The van der Waals surface area contributed by atoms with Crippen molar-refractivity contribution in [2.24, 2.45) is 11.8 Å². The van der Waals surface area contributed by atoms with Crippen LogP contribution in [0.1, 0.15) is 44.0 Å². The van der Waals surface area contributed by atoms with E-state index in [4.69, 9.17) is 17.4 Å². The molecule has 3 N–H and O–H groups in total. The Morgan fingerprint density at radius 2 is 2.07 bits per heavy atom. The van der Waals surface area contributed by atoms with E-state index in [0.717, 1.165) is 16.7 Å². The van der Waals surface area contributed by atoms with E-state index in [9.17, 15) is 0 Å². The van der Waals surface area contributed by atoms with Crippen molar-refractivity contribution < 1.29 is 0 Å². The molecule has 0 spiro atoms. The number of nitrogens with one attached hydrogen (secondary N) is 1. The number of thiophene rings is 1. The zero-order valence-electron chi connectivity index (χ0n) is 9.29. The van der Waals surface area contributed by atoms with Crippen molar-refractivity contribution in [3.05, 3.63) is 21.3 Å². The van der Waals surface area contributed by atoms with Gasteiger partial charge in [0, 0.05) is 4.88 Å². The van der Waals surface area contributed by atoms with Gasteiger partial charge in [-0.15, -0.1) is 11.3 Å². The molecule has 1 unspecified atom stereocenters. The Bertz CT molecular complexity index is 284. The van der Waals surface area contributed by atoms with Crippen molar-refractivity contribution in [3.63, 3.8) is 0 Å². The molecule has 86 valence electrons. The minimum atomic E-state index is 0.243. The highest BCUT2D eigenvalue weighted by molar-refractivity contribution is 7.16. The molecule has 1 rings (SSSR count). The summed E-state index contributed by atoms with van der Waals surface area (Å²) in [5.41, 5.74) is 2.88. The van der Waals surface area contributed by atoms with Crippen molar-refractivity contribution in [1.29, 1.82) is 0 Å². The summed E-state index contributed by atoms with van der Waals surface area (Å²) in [7, 11) is 0. The highest BCUT2D eigenvalue weighted by atomic mass is 35.5. The van der Waals surface area contributed by atoms with E-state index in [0.29, 0.717) is 0 Å². The summed E-state index contributed by atoms with van der Waals surface area (Å²) in [5.74, 6) is 6.31. The lowest BCUT2D eigenvalue weighted by Gasteiger charge is -2.20. The topological polar surface area (TPSA) is 38.0 Å². The zero-order valence-corrected chi connectivity index (χ0v) is 10.9. The van der Waals surface area contributed by atoms with Gasteiger partial charge in [-0.1, -0.05) is 38.3 Å². The molecular weight excluding hydrogens is 228 g/mol. The number of rotatable bonds is 6. The Balaban J connectivity index is 2.63. The minimum Gasteiger partial charge on any atom is -0.271 e. The molecule has 1 heterocycles. The number of hydrazine groups is 1. The van der Waals surface area contributed by atoms with Crippen molar-refractivity contribution in [3.8, 4) is 0 Å². The largest absolute Gasteiger partial charge is 0.271 e. The number of hydrogen-bond donors (Lipinski definition) is 2. The standard InChI is InChI=1S/C11H19ClN2S/c1-3-8(4-2)7-9(14-13)10-5-6-11(12)15-10/h5-6,8-9,14H,3-4,7,13H2,1-2H3. The van der Waals surface area contributed by atoms with Crippen LogP contribution >= 0.6 is 22.9 Å². The second-order valence-electron chi connectivity index (χ2n) is 3.78. The lowest BCUT2D eigenvalue weighted by molar-refractivity contribution is 0.378. The smallest absolute Gasteiger partial charge is 0.0931 e. The second kappa shape index (κ2) is 6.48. The van der Waals surface area contributed by atoms with Gasteiger partial charge in [0.05, 0.1) is 10.4 Å². The van der Waals surface area contributed by atoms with Gasteiger partial charge in [-0.05, 0) is 24.5 Å². The maximum Gasteiger partial charge on any atom is 0.0931 e. The molecule has 0 bridgehead atoms. The van der Waals surface area contributed by atoms with Crippen molar-refractivity contribution in [2.75, 3.05) is 0 Å². The lowest BCUT2D eigenvalue weighted by Crippen LogP contribution is -2.29. The fraction of sp³-hybridized carbons (Fsp3) is 0.636. The van der Waals surface area contributed by atoms with Crippen LogP contribution in [-0.4, -0.2) is 0 Å². The summed E-state index contributed by atoms with van der Waals surface area (Å²) in [5, 5.41) is 0. The van der Waals surface area contributed by atoms with E-state index >= 15 is 0 Å². The third-order valence-corrected chi connectivity index (χ3v) is 4.21. The highest BCUT2D eigenvalue weighted by Crippen LogP contribution is 2.31. The monoisotopic (exact) mass is 246 g/mol. The molecule has 0 radical (unpaired) electrons. The molecule has 0 amide bonds. The molecule has 0 aliphatic heterocycles. The summed E-state index contributed by atoms with van der Waals surface area (Å²) >= 11 is 7.52. The third-order valence-electron chi connectivity index (χ3n) is 2.86. The highest BCUT2D eigenvalue weighted by Gasteiger charge is 2.16. The molecule has 0 fully saturated rings. The second-order valence-corrected chi connectivity index (χ2v) is 5.53. The predicted molar refractivity (Wildman–Crippen MR) is 68.1 cm³/mol. The Morgan fingerprint density at radius 3 is 2.47 bits per heavy atom. The van der Waals surface area contributed by atoms with Gasteiger partial charge in [0.25, 0.3) is 0 Å². The van der Waals surface area contributed by atoms with E-state index in [1.165, 1.54) is 17.7 Å². The lowest BCUT2D eigenvalue weighted by atomic mass is 9.94. The van der Waals surface area contributed by atoms with Crippen LogP contribution in [0.25, 0.3) is 0 Å². The number of hydrogen-bond acceptors (Lipinski definition) is 3. The molecule has 15 heavy (non-hydrogen) atoms. The van der Waals surface area contributed by atoms with Gasteiger partial charge in [0.15, 0.2) is 0 Å². The molecule has 1 aromatic heterocycles. The van der Waals surface area contributed by atoms with E-state index in [1.54, 1.807) is 11.3 Å². The van der Waals surface area contributed by atoms with E-state index in [-0.39, 0.29) is 6.04 Å². The first-order valence-corrected chi connectivity index (χ1v) is 6.62. The van der Waals surface area contributed by atoms with Crippen molar-refractivity contribution in [2.45, 2.75) is 39.2 Å². The molecule has 0 aliphatic rings. The Hall–Kier alpha value is -0.0900. The third kappa shape index (κ3) is 3.76. The summed E-state index contributed by atoms with van der Waals surface area (Å²) in [6.45, 7) is 4.45. The van der Waals surface area contributed by atoms with Crippen molar-refractivity contribution >= 4 is 22.9 Å². The minimum absolute atomic E-state index is 0.243. The van der Waals surface area contributed by atoms with Gasteiger partial charge >= 0.3 is 0 Å². The maximum atomic E-state index is 5.92. The van der Waals surface area contributed by atoms with Crippen LogP contribution in [0.3, 0.4) is 0 Å². The van der Waals surface area contributed by atoms with Gasteiger partial charge in [-0.25, -0.2) is 0 Å². The number of halogens is 1. The van der Waals surface area contributed by atoms with Crippen LogP contribution < -0.4 is 11.3 Å². The summed E-state index contributed by atoms with van der Waals surface area (Å²) in [4.78, 5) is 1.23. The van der Waals surface area contributed by atoms with Gasteiger partial charge < -0.3 is 0 Å². The molecule has 0 saturated carbocycles. The maximum absolute atomic E-state index is 5.92. The molecule has 2 nitrogen and oxygen atoms in total. The van der Waals surface area contributed by atoms with Gasteiger partial charge in [0.2, 0.25) is 0 Å². The molecule has 0 aromatic carbocycles. The van der Waals surface area contributed by atoms with Crippen molar-refractivity contribution in [1.82, 2.24) is 5.43 Å². The SMILES string of the molecule is CCC(CC)CC(NN)c1ccc(Cl)s1. The average molecular weight is 247 g/mol. The average Bonchev–Trinajstić information content (AvgIpc) is 2.67. The zero-order chi connectivity index (χ0) is 11.3. The van der Waals surface area contributed by atoms with Crippen LogP contribution in [-0.2, 0) is 0 Å².